The SMILES string of the molecule is Cc1cc2c(NCC(=O)Nc3ccc(Br)c(C)c3)nccn2n1. The Labute approximate surface area is 142 Å². The van der Waals surface area contributed by atoms with Gasteiger partial charge in [0.1, 0.15) is 5.52 Å². The third-order valence-electron chi connectivity index (χ3n) is 3.37. The summed E-state index contributed by atoms with van der Waals surface area (Å²) < 4.78 is 2.75. The second-order valence-corrected chi connectivity index (χ2v) is 6.11. The zero-order valence-electron chi connectivity index (χ0n) is 12.8. The first-order valence-corrected chi connectivity index (χ1v) is 7.93. The van der Waals surface area contributed by atoms with Crippen molar-refractivity contribution < 1.29 is 4.79 Å². The van der Waals surface area contributed by atoms with E-state index in [9.17, 15) is 4.79 Å². The molecule has 23 heavy (non-hydrogen) atoms. The molecule has 7 heteroatoms. The van der Waals surface area contributed by atoms with E-state index in [-0.39, 0.29) is 12.5 Å². The van der Waals surface area contributed by atoms with E-state index in [1.165, 1.54) is 0 Å². The molecule has 1 aromatic carbocycles. The molecule has 0 spiro atoms. The quantitative estimate of drug-likeness (QED) is 0.736. The van der Waals surface area contributed by atoms with Crippen LogP contribution in [0, 0.1) is 13.8 Å². The van der Waals surface area contributed by atoms with E-state index >= 15 is 0 Å². The average molecular weight is 374 g/mol. The van der Waals surface area contributed by atoms with Crippen molar-refractivity contribution in [3.8, 4) is 0 Å². The van der Waals surface area contributed by atoms with Crippen molar-refractivity contribution >= 4 is 38.9 Å². The summed E-state index contributed by atoms with van der Waals surface area (Å²) in [5.74, 6) is 0.502. The van der Waals surface area contributed by atoms with Crippen LogP contribution in [0.4, 0.5) is 11.5 Å². The normalized spacial score (nSPS) is 10.7. The van der Waals surface area contributed by atoms with Crippen LogP contribution in [0.1, 0.15) is 11.3 Å². The summed E-state index contributed by atoms with van der Waals surface area (Å²) in [5.41, 5.74) is 3.58. The Hall–Kier alpha value is -2.41. The van der Waals surface area contributed by atoms with Crippen LogP contribution < -0.4 is 10.6 Å². The lowest BCUT2D eigenvalue weighted by Crippen LogP contribution is -2.22. The molecule has 1 amide bonds. The van der Waals surface area contributed by atoms with Crippen LogP contribution in [0.2, 0.25) is 0 Å². The van der Waals surface area contributed by atoms with E-state index < -0.39 is 0 Å². The Bertz CT molecular complexity index is 874. The highest BCUT2D eigenvalue weighted by Crippen LogP contribution is 2.20. The van der Waals surface area contributed by atoms with Gasteiger partial charge in [0.2, 0.25) is 5.91 Å². The van der Waals surface area contributed by atoms with Gasteiger partial charge in [-0.3, -0.25) is 4.79 Å². The minimum atomic E-state index is -0.133. The van der Waals surface area contributed by atoms with E-state index in [0.29, 0.717) is 5.82 Å². The van der Waals surface area contributed by atoms with Gasteiger partial charge in [-0.05, 0) is 43.7 Å². The number of anilines is 2. The fourth-order valence-electron chi connectivity index (χ4n) is 2.27. The number of amides is 1. The molecule has 0 saturated carbocycles. The molecule has 0 aliphatic carbocycles. The van der Waals surface area contributed by atoms with Gasteiger partial charge in [0.25, 0.3) is 0 Å². The first-order valence-electron chi connectivity index (χ1n) is 7.14. The number of aromatic nitrogens is 3. The summed E-state index contributed by atoms with van der Waals surface area (Å²) in [5, 5.41) is 10.2. The highest BCUT2D eigenvalue weighted by atomic mass is 79.9. The van der Waals surface area contributed by atoms with Gasteiger partial charge >= 0.3 is 0 Å². The van der Waals surface area contributed by atoms with Crippen molar-refractivity contribution in [2.45, 2.75) is 13.8 Å². The molecule has 0 atom stereocenters. The van der Waals surface area contributed by atoms with Gasteiger partial charge in [-0.1, -0.05) is 15.9 Å². The van der Waals surface area contributed by atoms with Crippen molar-refractivity contribution in [1.82, 2.24) is 14.6 Å². The number of rotatable bonds is 4. The highest BCUT2D eigenvalue weighted by Gasteiger charge is 2.08. The van der Waals surface area contributed by atoms with E-state index in [1.54, 1.807) is 16.9 Å². The Kier molecular flexibility index (Phi) is 4.29. The van der Waals surface area contributed by atoms with Gasteiger partial charge < -0.3 is 10.6 Å². The topological polar surface area (TPSA) is 71.3 Å². The predicted molar refractivity (Wildman–Crippen MR) is 93.7 cm³/mol. The molecule has 0 unspecified atom stereocenters. The number of fused-ring (bicyclic) bond motifs is 1. The third-order valence-corrected chi connectivity index (χ3v) is 4.26. The number of aryl methyl sites for hydroxylation is 2. The molecule has 3 rings (SSSR count). The molecule has 0 saturated heterocycles. The molecule has 118 valence electrons. The van der Waals surface area contributed by atoms with Gasteiger partial charge in [-0.15, -0.1) is 0 Å². The first-order chi connectivity index (χ1) is 11.0. The number of nitrogens with zero attached hydrogens (tertiary/aromatic N) is 3. The van der Waals surface area contributed by atoms with Crippen LogP contribution in [0.5, 0.6) is 0 Å². The highest BCUT2D eigenvalue weighted by molar-refractivity contribution is 9.10. The zero-order chi connectivity index (χ0) is 16.4. The standard InChI is InChI=1S/C16H16BrN5O/c1-10-7-12(3-4-13(10)17)20-15(23)9-19-16-14-8-11(2)21-22(14)6-5-18-16/h3-8H,9H2,1-2H3,(H,18,19)(H,20,23). The van der Waals surface area contributed by atoms with Crippen molar-refractivity contribution in [2.75, 3.05) is 17.2 Å². The number of hydrogen-bond acceptors (Lipinski definition) is 4. The largest absolute Gasteiger partial charge is 0.359 e. The van der Waals surface area contributed by atoms with Gasteiger partial charge in [-0.25, -0.2) is 9.50 Å². The lowest BCUT2D eigenvalue weighted by molar-refractivity contribution is -0.114. The van der Waals surface area contributed by atoms with Crippen molar-refractivity contribution in [3.63, 3.8) is 0 Å². The number of nitrogens with one attached hydrogen (secondary N) is 2. The molecular weight excluding hydrogens is 358 g/mol. The van der Waals surface area contributed by atoms with Crippen molar-refractivity contribution in [3.05, 3.63) is 52.4 Å². The molecule has 0 aliphatic rings. The second-order valence-electron chi connectivity index (χ2n) is 5.26. The molecule has 0 radical (unpaired) electrons. The monoisotopic (exact) mass is 373 g/mol. The summed E-state index contributed by atoms with van der Waals surface area (Å²) in [6, 6.07) is 7.61. The minimum absolute atomic E-state index is 0.131. The van der Waals surface area contributed by atoms with Gasteiger partial charge in [0.05, 0.1) is 12.2 Å². The molecule has 3 aromatic rings. The second kappa shape index (κ2) is 6.37. The lowest BCUT2D eigenvalue weighted by Gasteiger charge is -2.09. The average Bonchev–Trinajstić information content (AvgIpc) is 2.89. The van der Waals surface area contributed by atoms with Crippen molar-refractivity contribution in [1.29, 1.82) is 0 Å². The maximum atomic E-state index is 12.1. The molecule has 2 heterocycles. The molecule has 0 bridgehead atoms. The Balaban J connectivity index is 1.67. The van der Waals surface area contributed by atoms with Crippen LogP contribution in [0.25, 0.3) is 5.52 Å². The molecule has 0 fully saturated rings. The van der Waals surface area contributed by atoms with Crippen LogP contribution in [0.3, 0.4) is 0 Å². The number of carbonyl (C=O) groups is 1. The van der Waals surface area contributed by atoms with E-state index in [1.807, 2.05) is 38.1 Å². The molecule has 6 nitrogen and oxygen atoms in total. The summed E-state index contributed by atoms with van der Waals surface area (Å²) >= 11 is 3.44. The van der Waals surface area contributed by atoms with Crippen molar-refractivity contribution in [2.24, 2.45) is 0 Å². The molecule has 0 aliphatic heterocycles. The Morgan fingerprint density at radius 2 is 2.13 bits per heavy atom. The Morgan fingerprint density at radius 1 is 1.30 bits per heavy atom. The first kappa shape index (κ1) is 15.5. The van der Waals surface area contributed by atoms with Crippen LogP contribution in [-0.2, 0) is 4.79 Å². The zero-order valence-corrected chi connectivity index (χ0v) is 14.4. The smallest absolute Gasteiger partial charge is 0.243 e. The van der Waals surface area contributed by atoms with E-state index in [0.717, 1.165) is 26.9 Å². The van der Waals surface area contributed by atoms with Gasteiger partial charge in [-0.2, -0.15) is 5.10 Å². The summed E-state index contributed by atoms with van der Waals surface area (Å²) in [6.07, 6.45) is 3.43. The van der Waals surface area contributed by atoms with Crippen LogP contribution in [0.15, 0.2) is 41.1 Å². The van der Waals surface area contributed by atoms with Crippen LogP contribution >= 0.6 is 15.9 Å². The van der Waals surface area contributed by atoms with E-state index in [4.69, 9.17) is 0 Å². The molecule has 2 N–H and O–H groups in total. The predicted octanol–water partition coefficient (Wildman–Crippen LogP) is 3.16. The number of halogens is 1. The summed E-state index contributed by atoms with van der Waals surface area (Å²) in [7, 11) is 0. The fourth-order valence-corrected chi connectivity index (χ4v) is 2.52. The van der Waals surface area contributed by atoms with Gasteiger partial charge in [0.15, 0.2) is 5.82 Å². The number of benzene rings is 1. The van der Waals surface area contributed by atoms with Gasteiger partial charge in [0, 0.05) is 22.6 Å². The summed E-state index contributed by atoms with van der Waals surface area (Å²) in [6.45, 7) is 4.02. The molecule has 2 aromatic heterocycles. The summed E-state index contributed by atoms with van der Waals surface area (Å²) in [4.78, 5) is 16.4. The number of hydrogen-bond donors (Lipinski definition) is 2. The third kappa shape index (κ3) is 3.50. The molecular formula is C16H16BrN5O. The Morgan fingerprint density at radius 3 is 2.91 bits per heavy atom. The van der Waals surface area contributed by atoms with E-state index in [2.05, 4.69) is 36.6 Å². The minimum Gasteiger partial charge on any atom is -0.359 e. The number of carbonyl (C=O) groups excluding carboxylic acids is 1. The maximum Gasteiger partial charge on any atom is 0.243 e. The lowest BCUT2D eigenvalue weighted by atomic mass is 10.2. The fraction of sp³-hybridized carbons (Fsp3) is 0.188. The van der Waals surface area contributed by atoms with Crippen LogP contribution in [-0.4, -0.2) is 27.0 Å². The maximum absolute atomic E-state index is 12.1.